The van der Waals surface area contributed by atoms with Crippen molar-refractivity contribution >= 4 is 0 Å². The van der Waals surface area contributed by atoms with Crippen LogP contribution in [-0.4, -0.2) is 0 Å². The molecule has 0 aliphatic rings. The number of hydrogen-bond acceptors (Lipinski definition) is 1. The van der Waals surface area contributed by atoms with Crippen molar-refractivity contribution in [3.05, 3.63) is 35.1 Å². The van der Waals surface area contributed by atoms with Crippen LogP contribution in [0, 0.1) is 28.8 Å². The van der Waals surface area contributed by atoms with E-state index in [4.69, 9.17) is 5.26 Å². The van der Waals surface area contributed by atoms with Gasteiger partial charge in [0.1, 0.15) is 11.9 Å². The van der Waals surface area contributed by atoms with Gasteiger partial charge < -0.3 is 0 Å². The summed E-state index contributed by atoms with van der Waals surface area (Å²) in [6.07, 6.45) is -2.28. The molecule has 13 heavy (non-hydrogen) atoms. The van der Waals surface area contributed by atoms with Crippen LogP contribution < -0.4 is 0 Å². The molecule has 0 fully saturated rings. The summed E-state index contributed by atoms with van der Waals surface area (Å²) in [5, 5.41) is 8.06. The normalized spacial score (nSPS) is 12.2. The van der Waals surface area contributed by atoms with E-state index >= 15 is 0 Å². The first-order valence-corrected chi connectivity index (χ1v) is 3.24. The number of rotatable bonds is 1. The Morgan fingerprint density at radius 3 is 2.15 bits per heavy atom. The minimum atomic E-state index is -2.28. The Morgan fingerprint density at radius 1 is 1.08 bits per heavy atom. The molecule has 0 N–H and O–H groups in total. The third-order valence-corrected chi connectivity index (χ3v) is 1.43. The van der Waals surface area contributed by atoms with Gasteiger partial charge in [-0.25, -0.2) is 17.6 Å². The molecule has 0 saturated heterocycles. The van der Waals surface area contributed by atoms with Crippen molar-refractivity contribution in [2.24, 2.45) is 0 Å². The fraction of sp³-hybridized carbons (Fsp3) is 0.125. The van der Waals surface area contributed by atoms with Gasteiger partial charge >= 0.3 is 0 Å². The Hall–Kier alpha value is -1.57. The average Bonchev–Trinajstić information content (AvgIpc) is 2.10. The van der Waals surface area contributed by atoms with Gasteiger partial charge in [-0.15, -0.1) is 0 Å². The molecular weight excluding hydrogens is 186 g/mol. The maximum absolute atomic E-state index is 12.7. The lowest BCUT2D eigenvalue weighted by atomic mass is 10.1. The molecule has 0 amide bonds. The average molecular weight is 189 g/mol. The maximum Gasteiger partial charge on any atom is 0.214 e. The molecule has 68 valence electrons. The van der Waals surface area contributed by atoms with Crippen LogP contribution in [0.5, 0.6) is 0 Å². The summed E-state index contributed by atoms with van der Waals surface area (Å²) >= 11 is 0. The van der Waals surface area contributed by atoms with Crippen molar-refractivity contribution < 1.29 is 17.6 Å². The predicted molar refractivity (Wildman–Crippen MR) is 35.8 cm³/mol. The molecule has 1 rings (SSSR count). The molecule has 1 atom stereocenters. The molecule has 1 nitrogen and oxygen atoms in total. The summed E-state index contributed by atoms with van der Waals surface area (Å²) in [6, 6.07) is 1.61. The second-order valence-corrected chi connectivity index (χ2v) is 2.28. The third kappa shape index (κ3) is 1.78. The zero-order chi connectivity index (χ0) is 10.0. The first-order valence-electron chi connectivity index (χ1n) is 3.24. The van der Waals surface area contributed by atoms with Crippen LogP contribution in [0.1, 0.15) is 11.7 Å². The molecular formula is C8H3F4N. The molecule has 0 radical (unpaired) electrons. The van der Waals surface area contributed by atoms with E-state index in [1.165, 1.54) is 0 Å². The zero-order valence-corrected chi connectivity index (χ0v) is 6.19. The van der Waals surface area contributed by atoms with E-state index < -0.39 is 29.2 Å². The highest BCUT2D eigenvalue weighted by atomic mass is 19.2. The molecule has 0 saturated carbocycles. The highest BCUT2D eigenvalue weighted by molar-refractivity contribution is 5.25. The smallest absolute Gasteiger partial charge is 0.214 e. The number of halogens is 4. The number of hydrogen-bond donors (Lipinski definition) is 0. The first-order chi connectivity index (χ1) is 6.06. The predicted octanol–water partition coefficient (Wildman–Crippen LogP) is 2.64. The van der Waals surface area contributed by atoms with Crippen LogP contribution in [0.2, 0.25) is 0 Å². The Morgan fingerprint density at radius 2 is 1.62 bits per heavy atom. The monoisotopic (exact) mass is 189 g/mol. The summed E-state index contributed by atoms with van der Waals surface area (Å²) in [5.41, 5.74) is -0.790. The minimum absolute atomic E-state index is 0.203. The molecule has 0 heterocycles. The summed E-state index contributed by atoms with van der Waals surface area (Å²) in [7, 11) is 0. The van der Waals surface area contributed by atoms with Gasteiger partial charge in [-0.3, -0.25) is 0 Å². The lowest BCUT2D eigenvalue weighted by Gasteiger charge is -2.02. The molecule has 0 aliphatic carbocycles. The fourth-order valence-electron chi connectivity index (χ4n) is 0.802. The SMILES string of the molecule is N#CC(F)c1cc(F)c(F)cc1F. The van der Waals surface area contributed by atoms with E-state index in [2.05, 4.69) is 0 Å². The van der Waals surface area contributed by atoms with Crippen LogP contribution in [0.4, 0.5) is 17.6 Å². The van der Waals surface area contributed by atoms with Gasteiger partial charge in [0, 0.05) is 11.6 Å². The van der Waals surface area contributed by atoms with Gasteiger partial charge in [0.15, 0.2) is 11.6 Å². The van der Waals surface area contributed by atoms with E-state index in [-0.39, 0.29) is 6.07 Å². The molecule has 1 unspecified atom stereocenters. The lowest BCUT2D eigenvalue weighted by molar-refractivity contribution is 0.400. The first kappa shape index (κ1) is 9.52. The van der Waals surface area contributed by atoms with Crippen LogP contribution in [-0.2, 0) is 0 Å². The second-order valence-electron chi connectivity index (χ2n) is 2.28. The van der Waals surface area contributed by atoms with Crippen LogP contribution in [0.15, 0.2) is 12.1 Å². The standard InChI is InChI=1S/C8H3F4N/c9-5-2-7(11)6(10)1-4(5)8(12)3-13/h1-2,8H. The van der Waals surface area contributed by atoms with Gasteiger partial charge in [-0.05, 0) is 6.07 Å². The van der Waals surface area contributed by atoms with Crippen molar-refractivity contribution in [3.63, 3.8) is 0 Å². The van der Waals surface area contributed by atoms with Gasteiger partial charge in [0.25, 0.3) is 0 Å². The van der Waals surface area contributed by atoms with Gasteiger partial charge in [-0.1, -0.05) is 0 Å². The highest BCUT2D eigenvalue weighted by Crippen LogP contribution is 2.22. The zero-order valence-electron chi connectivity index (χ0n) is 6.19. The van der Waals surface area contributed by atoms with Crippen LogP contribution in [0.25, 0.3) is 0 Å². The molecule has 0 spiro atoms. The van der Waals surface area contributed by atoms with Gasteiger partial charge in [0.2, 0.25) is 6.17 Å². The van der Waals surface area contributed by atoms with Crippen LogP contribution >= 0.6 is 0 Å². The van der Waals surface area contributed by atoms with E-state index in [1.54, 1.807) is 0 Å². The molecule has 5 heteroatoms. The Bertz CT molecular complexity index is 369. The van der Waals surface area contributed by atoms with E-state index in [0.29, 0.717) is 6.07 Å². The van der Waals surface area contributed by atoms with Crippen LogP contribution in [0.3, 0.4) is 0 Å². The summed E-state index contributed by atoms with van der Waals surface area (Å²) in [5.74, 6) is -4.06. The topological polar surface area (TPSA) is 23.8 Å². The molecule has 0 aliphatic heterocycles. The minimum Gasteiger partial charge on any atom is -0.226 e. The number of nitrogens with zero attached hydrogens (tertiary/aromatic N) is 1. The van der Waals surface area contributed by atoms with Gasteiger partial charge in [0.05, 0.1) is 0 Å². The van der Waals surface area contributed by atoms with Crippen molar-refractivity contribution in [1.82, 2.24) is 0 Å². The highest BCUT2D eigenvalue weighted by Gasteiger charge is 2.17. The Labute approximate surface area is 71.2 Å². The van der Waals surface area contributed by atoms with E-state index in [9.17, 15) is 17.6 Å². The number of nitriles is 1. The van der Waals surface area contributed by atoms with Gasteiger partial charge in [-0.2, -0.15) is 5.26 Å². The summed E-state index contributed by atoms with van der Waals surface area (Å²) < 4.78 is 50.0. The lowest BCUT2D eigenvalue weighted by Crippen LogP contribution is -1.97. The molecule has 0 aromatic heterocycles. The van der Waals surface area contributed by atoms with Crippen molar-refractivity contribution in [2.45, 2.75) is 6.17 Å². The number of benzene rings is 1. The van der Waals surface area contributed by atoms with Crippen molar-refractivity contribution in [2.75, 3.05) is 0 Å². The summed E-state index contributed by atoms with van der Waals surface area (Å²) in [6.45, 7) is 0. The quantitative estimate of drug-likeness (QED) is 0.492. The summed E-state index contributed by atoms with van der Waals surface area (Å²) in [4.78, 5) is 0. The van der Waals surface area contributed by atoms with E-state index in [0.717, 1.165) is 6.07 Å². The Kier molecular flexibility index (Phi) is 2.52. The van der Waals surface area contributed by atoms with Crippen molar-refractivity contribution in [1.29, 1.82) is 5.26 Å². The molecule has 1 aromatic rings. The fourth-order valence-corrected chi connectivity index (χ4v) is 0.802. The van der Waals surface area contributed by atoms with Crippen molar-refractivity contribution in [3.8, 4) is 6.07 Å². The molecule has 1 aromatic carbocycles. The number of alkyl halides is 1. The maximum atomic E-state index is 12.7. The third-order valence-electron chi connectivity index (χ3n) is 1.43. The van der Waals surface area contributed by atoms with E-state index in [1.807, 2.05) is 0 Å². The molecule has 0 bridgehead atoms. The largest absolute Gasteiger partial charge is 0.226 e. The Balaban J connectivity index is 3.25. The second kappa shape index (κ2) is 3.44.